The van der Waals surface area contributed by atoms with Crippen molar-refractivity contribution in [3.05, 3.63) is 53.5 Å². The van der Waals surface area contributed by atoms with Crippen LogP contribution in [0.4, 0.5) is 9.18 Å². The second kappa shape index (κ2) is 7.47. The maximum Gasteiger partial charge on any atom is 0.315 e. The lowest BCUT2D eigenvalue weighted by atomic mass is 9.82. The predicted molar refractivity (Wildman–Crippen MR) is 88.0 cm³/mol. The molecule has 0 atom stereocenters. The molecule has 24 heavy (non-hydrogen) atoms. The minimum Gasteiger partial charge on any atom is -0.448 e. The van der Waals surface area contributed by atoms with Crippen LogP contribution >= 0.6 is 0 Å². The Bertz CT molecular complexity index is 676. The number of urea groups is 1. The van der Waals surface area contributed by atoms with Crippen LogP contribution in [0, 0.1) is 12.7 Å². The van der Waals surface area contributed by atoms with Crippen LogP contribution in [0.25, 0.3) is 0 Å². The highest BCUT2D eigenvalue weighted by molar-refractivity contribution is 5.74. The third-order valence-corrected chi connectivity index (χ3v) is 4.66. The van der Waals surface area contributed by atoms with Crippen molar-refractivity contribution in [2.45, 2.75) is 51.1 Å². The Morgan fingerprint density at radius 3 is 2.58 bits per heavy atom. The van der Waals surface area contributed by atoms with Crippen molar-refractivity contribution in [2.24, 2.45) is 0 Å². The van der Waals surface area contributed by atoms with E-state index in [9.17, 15) is 9.18 Å². The van der Waals surface area contributed by atoms with Gasteiger partial charge in [-0.25, -0.2) is 14.2 Å². The molecule has 2 aromatic rings. The summed E-state index contributed by atoms with van der Waals surface area (Å²) in [5.74, 6) is 0.965. The van der Waals surface area contributed by atoms with Gasteiger partial charge in [0.05, 0.1) is 6.54 Å². The van der Waals surface area contributed by atoms with E-state index in [1.54, 1.807) is 0 Å². The topological polar surface area (TPSA) is 67.2 Å². The van der Waals surface area contributed by atoms with Crippen LogP contribution in [-0.2, 0) is 6.54 Å². The summed E-state index contributed by atoms with van der Waals surface area (Å²) in [4.78, 5) is 16.0. The second-order valence-electron chi connectivity index (χ2n) is 6.28. The molecule has 1 aliphatic carbocycles. The Kier molecular flexibility index (Phi) is 5.13. The van der Waals surface area contributed by atoms with Crippen LogP contribution in [0.5, 0.6) is 0 Å². The lowest BCUT2D eigenvalue weighted by Crippen LogP contribution is -2.43. The van der Waals surface area contributed by atoms with Gasteiger partial charge in [-0.05, 0) is 56.2 Å². The van der Waals surface area contributed by atoms with Crippen LogP contribution in [-0.4, -0.2) is 17.1 Å². The Hall–Kier alpha value is -2.37. The van der Waals surface area contributed by atoms with Gasteiger partial charge in [-0.2, -0.15) is 0 Å². The molecule has 0 aliphatic heterocycles. The standard InChI is InChI=1S/C18H22FN3O2/c1-12-17(21-11-24-12)10-20-18(23)22-16-8-4-14(5-9-16)13-2-6-15(19)7-3-13/h2-3,6-7,11,14,16H,4-5,8-10H2,1H3,(H2,20,22,23). The molecule has 0 bridgehead atoms. The van der Waals surface area contributed by atoms with Gasteiger partial charge in [-0.15, -0.1) is 0 Å². The molecular weight excluding hydrogens is 309 g/mol. The first kappa shape index (κ1) is 16.5. The van der Waals surface area contributed by atoms with Crippen molar-refractivity contribution in [2.75, 3.05) is 0 Å². The molecule has 0 radical (unpaired) electrons. The van der Waals surface area contributed by atoms with Crippen molar-refractivity contribution in [1.82, 2.24) is 15.6 Å². The van der Waals surface area contributed by atoms with E-state index in [4.69, 9.17) is 4.42 Å². The zero-order valence-corrected chi connectivity index (χ0v) is 13.7. The number of aryl methyl sites for hydroxylation is 1. The molecular formula is C18H22FN3O2. The van der Waals surface area contributed by atoms with Gasteiger partial charge in [0.15, 0.2) is 6.39 Å². The summed E-state index contributed by atoms with van der Waals surface area (Å²) in [5.41, 5.74) is 1.92. The van der Waals surface area contributed by atoms with Gasteiger partial charge in [-0.3, -0.25) is 0 Å². The largest absolute Gasteiger partial charge is 0.448 e. The first-order valence-corrected chi connectivity index (χ1v) is 8.30. The molecule has 1 saturated carbocycles. The summed E-state index contributed by atoms with van der Waals surface area (Å²) in [7, 11) is 0. The summed E-state index contributed by atoms with van der Waals surface area (Å²) in [6.07, 6.45) is 5.23. The molecule has 2 amide bonds. The van der Waals surface area contributed by atoms with E-state index in [0.717, 1.165) is 37.1 Å². The zero-order valence-electron chi connectivity index (χ0n) is 13.7. The molecule has 1 aromatic carbocycles. The maximum absolute atomic E-state index is 13.0. The minimum absolute atomic E-state index is 0.178. The lowest BCUT2D eigenvalue weighted by Gasteiger charge is -2.29. The molecule has 3 rings (SSSR count). The van der Waals surface area contributed by atoms with Crippen LogP contribution in [0.3, 0.4) is 0 Å². The number of nitrogens with zero attached hydrogens (tertiary/aromatic N) is 1. The number of nitrogens with one attached hydrogen (secondary N) is 2. The molecule has 6 heteroatoms. The van der Waals surface area contributed by atoms with Crippen molar-refractivity contribution in [3.8, 4) is 0 Å². The van der Waals surface area contributed by atoms with Crippen molar-refractivity contribution in [3.63, 3.8) is 0 Å². The van der Waals surface area contributed by atoms with Crippen LogP contribution in [0.1, 0.15) is 48.6 Å². The number of halogens is 1. The summed E-state index contributed by atoms with van der Waals surface area (Å²) < 4.78 is 18.1. The van der Waals surface area contributed by atoms with Gasteiger partial charge in [0.2, 0.25) is 0 Å². The second-order valence-corrected chi connectivity index (χ2v) is 6.28. The fourth-order valence-corrected chi connectivity index (χ4v) is 3.20. The quantitative estimate of drug-likeness (QED) is 0.899. The number of benzene rings is 1. The summed E-state index contributed by atoms with van der Waals surface area (Å²) in [6, 6.07) is 6.75. The number of carbonyl (C=O) groups is 1. The molecule has 0 spiro atoms. The number of hydrogen-bond donors (Lipinski definition) is 2. The third-order valence-electron chi connectivity index (χ3n) is 4.66. The first-order chi connectivity index (χ1) is 11.6. The maximum atomic E-state index is 13.0. The summed E-state index contributed by atoms with van der Waals surface area (Å²) in [5, 5.41) is 5.82. The SMILES string of the molecule is Cc1ocnc1CNC(=O)NC1CCC(c2ccc(F)cc2)CC1. The van der Waals surface area contributed by atoms with E-state index in [2.05, 4.69) is 15.6 Å². The molecule has 1 aromatic heterocycles. The van der Waals surface area contributed by atoms with Crippen molar-refractivity contribution in [1.29, 1.82) is 0 Å². The monoisotopic (exact) mass is 331 g/mol. The van der Waals surface area contributed by atoms with E-state index in [-0.39, 0.29) is 17.9 Å². The molecule has 1 heterocycles. The summed E-state index contributed by atoms with van der Waals surface area (Å²) >= 11 is 0. The fraction of sp³-hybridized carbons (Fsp3) is 0.444. The molecule has 0 unspecified atom stereocenters. The van der Waals surface area contributed by atoms with Gasteiger partial charge in [0, 0.05) is 6.04 Å². The molecule has 1 aliphatic rings. The van der Waals surface area contributed by atoms with Crippen molar-refractivity contribution >= 4 is 6.03 Å². The zero-order chi connectivity index (χ0) is 16.9. The highest BCUT2D eigenvalue weighted by atomic mass is 19.1. The molecule has 5 nitrogen and oxygen atoms in total. The molecule has 2 N–H and O–H groups in total. The molecule has 128 valence electrons. The number of oxazole rings is 1. The van der Waals surface area contributed by atoms with E-state index < -0.39 is 0 Å². The number of amides is 2. The van der Waals surface area contributed by atoms with Gasteiger partial charge in [0.25, 0.3) is 0 Å². The van der Waals surface area contributed by atoms with Gasteiger partial charge in [-0.1, -0.05) is 12.1 Å². The fourth-order valence-electron chi connectivity index (χ4n) is 3.20. The first-order valence-electron chi connectivity index (χ1n) is 8.30. The highest BCUT2D eigenvalue weighted by Crippen LogP contribution is 2.32. The average Bonchev–Trinajstić information content (AvgIpc) is 3.00. The summed E-state index contributed by atoms with van der Waals surface area (Å²) in [6.45, 7) is 2.18. The smallest absolute Gasteiger partial charge is 0.315 e. The highest BCUT2D eigenvalue weighted by Gasteiger charge is 2.23. The molecule has 0 saturated heterocycles. The van der Waals surface area contributed by atoms with Crippen LogP contribution < -0.4 is 10.6 Å². The Morgan fingerprint density at radius 1 is 1.25 bits per heavy atom. The predicted octanol–water partition coefficient (Wildman–Crippen LogP) is 3.65. The normalized spacial score (nSPS) is 20.6. The molecule has 1 fully saturated rings. The van der Waals surface area contributed by atoms with Gasteiger partial charge < -0.3 is 15.1 Å². The minimum atomic E-state index is -0.201. The number of rotatable bonds is 4. The van der Waals surface area contributed by atoms with Crippen molar-refractivity contribution < 1.29 is 13.6 Å². The lowest BCUT2D eigenvalue weighted by molar-refractivity contribution is 0.230. The van der Waals surface area contributed by atoms with Crippen LogP contribution in [0.15, 0.2) is 35.1 Å². The van der Waals surface area contributed by atoms with E-state index in [0.29, 0.717) is 12.5 Å². The van der Waals surface area contributed by atoms with E-state index in [1.165, 1.54) is 24.1 Å². The average molecular weight is 331 g/mol. The third kappa shape index (κ3) is 4.13. The number of carbonyl (C=O) groups excluding carboxylic acids is 1. The van der Waals surface area contributed by atoms with Crippen LogP contribution in [0.2, 0.25) is 0 Å². The van der Waals surface area contributed by atoms with Gasteiger partial charge >= 0.3 is 6.03 Å². The number of hydrogen-bond acceptors (Lipinski definition) is 3. The number of aromatic nitrogens is 1. The van der Waals surface area contributed by atoms with E-state index in [1.807, 2.05) is 19.1 Å². The Morgan fingerprint density at radius 2 is 1.96 bits per heavy atom. The van der Waals surface area contributed by atoms with Gasteiger partial charge in [0.1, 0.15) is 17.3 Å². The Labute approximate surface area is 140 Å². The van der Waals surface area contributed by atoms with E-state index >= 15 is 0 Å². The Balaban J connectivity index is 1.42.